The molecule has 0 amide bonds. The summed E-state index contributed by atoms with van der Waals surface area (Å²) in [6, 6.07) is 11.2. The van der Waals surface area contributed by atoms with Gasteiger partial charge < -0.3 is 15.0 Å². The second-order valence-electron chi connectivity index (χ2n) is 4.16. The molecule has 0 spiro atoms. The van der Waals surface area contributed by atoms with Crippen molar-refractivity contribution in [3.8, 4) is 11.5 Å². The predicted molar refractivity (Wildman–Crippen MR) is 69.7 cm³/mol. The fourth-order valence-corrected chi connectivity index (χ4v) is 1.82. The van der Waals surface area contributed by atoms with Crippen LogP contribution in [0.1, 0.15) is 5.56 Å². The molecule has 3 rings (SSSR count). The molecule has 18 heavy (non-hydrogen) atoms. The maximum Gasteiger partial charge on any atom is 0.131 e. The van der Waals surface area contributed by atoms with Crippen molar-refractivity contribution in [2.75, 3.05) is 5.73 Å². The van der Waals surface area contributed by atoms with Gasteiger partial charge in [-0.15, -0.1) is 0 Å². The molecule has 90 valence electrons. The molecule has 2 N–H and O–H groups in total. The summed E-state index contributed by atoms with van der Waals surface area (Å²) in [6.45, 7) is 1.96. The number of aryl methyl sites for hydroxylation is 1. The van der Waals surface area contributed by atoms with Crippen LogP contribution in [0.4, 0.5) is 5.69 Å². The van der Waals surface area contributed by atoms with Gasteiger partial charge in [-0.3, -0.25) is 0 Å². The van der Waals surface area contributed by atoms with Gasteiger partial charge in [-0.2, -0.15) is 0 Å². The highest BCUT2D eigenvalue weighted by Crippen LogP contribution is 2.28. The summed E-state index contributed by atoms with van der Waals surface area (Å²) >= 11 is 0. The molecule has 0 bridgehead atoms. The molecule has 0 aliphatic rings. The highest BCUT2D eigenvalue weighted by molar-refractivity contribution is 5.78. The molecule has 0 atom stereocenters. The minimum atomic E-state index is 0.726. The van der Waals surface area contributed by atoms with E-state index in [-0.39, 0.29) is 0 Å². The first kappa shape index (κ1) is 10.7. The predicted octanol–water partition coefficient (Wildman–Crippen LogP) is 3.51. The van der Waals surface area contributed by atoms with Crippen LogP contribution in [0.2, 0.25) is 0 Å². The Hall–Kier alpha value is -2.49. The number of benzene rings is 2. The highest BCUT2D eigenvalue weighted by atomic mass is 16.5. The van der Waals surface area contributed by atoms with E-state index >= 15 is 0 Å². The summed E-state index contributed by atoms with van der Waals surface area (Å²) in [7, 11) is 0. The van der Waals surface area contributed by atoms with E-state index in [9.17, 15) is 0 Å². The van der Waals surface area contributed by atoms with Gasteiger partial charge in [0, 0.05) is 17.1 Å². The Morgan fingerprint density at radius 2 is 2.06 bits per heavy atom. The third kappa shape index (κ3) is 1.88. The third-order valence-electron chi connectivity index (χ3n) is 2.76. The molecule has 0 radical (unpaired) electrons. The van der Waals surface area contributed by atoms with Crippen molar-refractivity contribution in [2.24, 2.45) is 0 Å². The molecular formula is C14H12N2O2. The topological polar surface area (TPSA) is 61.3 Å². The Morgan fingerprint density at radius 1 is 1.17 bits per heavy atom. The number of aromatic nitrogens is 1. The van der Waals surface area contributed by atoms with Gasteiger partial charge in [-0.05, 0) is 42.8 Å². The first-order chi connectivity index (χ1) is 8.72. The van der Waals surface area contributed by atoms with Crippen molar-refractivity contribution >= 4 is 16.6 Å². The Kier molecular flexibility index (Phi) is 2.41. The number of hydrogen-bond acceptors (Lipinski definition) is 4. The van der Waals surface area contributed by atoms with Crippen molar-refractivity contribution in [3.63, 3.8) is 0 Å². The number of anilines is 1. The van der Waals surface area contributed by atoms with Gasteiger partial charge in [0.15, 0.2) is 0 Å². The van der Waals surface area contributed by atoms with Crippen LogP contribution in [-0.2, 0) is 0 Å². The van der Waals surface area contributed by atoms with Crippen molar-refractivity contribution in [3.05, 3.63) is 48.2 Å². The van der Waals surface area contributed by atoms with E-state index in [0.717, 1.165) is 33.7 Å². The van der Waals surface area contributed by atoms with E-state index in [1.165, 1.54) is 0 Å². The first-order valence-electron chi connectivity index (χ1n) is 5.60. The molecule has 0 fully saturated rings. The zero-order chi connectivity index (χ0) is 12.5. The standard InChI is InChI=1S/C14H12N2O2/c1-9-6-11(15)3-5-14(9)18-12-4-2-10-8-17-16-13(10)7-12/h2-8H,15H2,1H3. The van der Waals surface area contributed by atoms with E-state index < -0.39 is 0 Å². The zero-order valence-corrected chi connectivity index (χ0v) is 9.88. The van der Waals surface area contributed by atoms with Crippen molar-refractivity contribution in [1.29, 1.82) is 0 Å². The van der Waals surface area contributed by atoms with Crippen molar-refractivity contribution < 1.29 is 9.26 Å². The lowest BCUT2D eigenvalue weighted by molar-refractivity contribution is 0.427. The fourth-order valence-electron chi connectivity index (χ4n) is 1.82. The van der Waals surface area contributed by atoms with Gasteiger partial charge in [-0.1, -0.05) is 5.16 Å². The molecule has 0 saturated heterocycles. The van der Waals surface area contributed by atoms with Crippen LogP contribution >= 0.6 is 0 Å². The van der Waals surface area contributed by atoms with E-state index in [1.54, 1.807) is 6.26 Å². The van der Waals surface area contributed by atoms with Gasteiger partial charge in [0.05, 0.1) is 0 Å². The average Bonchev–Trinajstić information content (AvgIpc) is 2.80. The SMILES string of the molecule is Cc1cc(N)ccc1Oc1ccc2conc2c1. The molecule has 0 saturated carbocycles. The molecule has 0 unspecified atom stereocenters. The van der Waals surface area contributed by atoms with Gasteiger partial charge in [0.1, 0.15) is 23.3 Å². The number of nitrogens with two attached hydrogens (primary N) is 1. The molecule has 3 aromatic rings. The van der Waals surface area contributed by atoms with Crippen molar-refractivity contribution in [1.82, 2.24) is 5.16 Å². The van der Waals surface area contributed by atoms with Crippen LogP contribution in [0.15, 0.2) is 47.2 Å². The van der Waals surface area contributed by atoms with Crippen LogP contribution < -0.4 is 10.5 Å². The molecule has 2 aromatic carbocycles. The number of rotatable bonds is 2. The number of hydrogen-bond donors (Lipinski definition) is 1. The Bertz CT molecular complexity index is 704. The normalized spacial score (nSPS) is 10.7. The molecule has 1 heterocycles. The van der Waals surface area contributed by atoms with Crippen LogP contribution in [0.3, 0.4) is 0 Å². The van der Waals surface area contributed by atoms with Crippen molar-refractivity contribution in [2.45, 2.75) is 6.92 Å². The molecule has 4 heteroatoms. The first-order valence-corrected chi connectivity index (χ1v) is 5.60. The lowest BCUT2D eigenvalue weighted by atomic mass is 10.2. The fraction of sp³-hybridized carbons (Fsp3) is 0.0714. The van der Waals surface area contributed by atoms with Gasteiger partial charge in [-0.25, -0.2) is 0 Å². The van der Waals surface area contributed by atoms with E-state index in [0.29, 0.717) is 0 Å². The van der Waals surface area contributed by atoms with Gasteiger partial charge >= 0.3 is 0 Å². The summed E-state index contributed by atoms with van der Waals surface area (Å²) < 4.78 is 10.7. The molecular weight excluding hydrogens is 228 g/mol. The lowest BCUT2D eigenvalue weighted by Crippen LogP contribution is -1.90. The van der Waals surface area contributed by atoms with Crippen LogP contribution in [0.25, 0.3) is 10.9 Å². The maximum absolute atomic E-state index is 5.80. The Labute approximate surface area is 104 Å². The Morgan fingerprint density at radius 3 is 2.89 bits per heavy atom. The Balaban J connectivity index is 1.95. The smallest absolute Gasteiger partial charge is 0.131 e. The number of nitrogen functional groups attached to an aromatic ring is 1. The lowest BCUT2D eigenvalue weighted by Gasteiger charge is -2.08. The summed E-state index contributed by atoms with van der Waals surface area (Å²) in [5, 5.41) is 4.84. The summed E-state index contributed by atoms with van der Waals surface area (Å²) in [6.07, 6.45) is 1.60. The quantitative estimate of drug-likeness (QED) is 0.696. The van der Waals surface area contributed by atoms with E-state index in [4.69, 9.17) is 15.0 Å². The largest absolute Gasteiger partial charge is 0.457 e. The minimum absolute atomic E-state index is 0.726. The number of nitrogens with zero attached hydrogens (tertiary/aromatic N) is 1. The van der Waals surface area contributed by atoms with E-state index in [1.807, 2.05) is 43.3 Å². The summed E-state index contributed by atoms with van der Waals surface area (Å²) in [5.74, 6) is 1.51. The van der Waals surface area contributed by atoms with Gasteiger partial charge in [0.2, 0.25) is 0 Å². The second-order valence-corrected chi connectivity index (χ2v) is 4.16. The minimum Gasteiger partial charge on any atom is -0.457 e. The summed E-state index contributed by atoms with van der Waals surface area (Å²) in [4.78, 5) is 0. The second kappa shape index (κ2) is 4.07. The zero-order valence-electron chi connectivity index (χ0n) is 9.88. The summed E-state index contributed by atoms with van der Waals surface area (Å²) in [5.41, 5.74) is 8.21. The highest BCUT2D eigenvalue weighted by Gasteiger charge is 2.04. The molecule has 0 aliphatic carbocycles. The van der Waals surface area contributed by atoms with Crippen LogP contribution in [0, 0.1) is 6.92 Å². The van der Waals surface area contributed by atoms with Gasteiger partial charge in [0.25, 0.3) is 0 Å². The third-order valence-corrected chi connectivity index (χ3v) is 2.76. The molecule has 1 aromatic heterocycles. The number of ether oxygens (including phenoxy) is 1. The molecule has 4 nitrogen and oxygen atoms in total. The average molecular weight is 240 g/mol. The van der Waals surface area contributed by atoms with Crippen LogP contribution in [-0.4, -0.2) is 5.16 Å². The monoisotopic (exact) mass is 240 g/mol. The maximum atomic E-state index is 5.80. The number of fused-ring (bicyclic) bond motifs is 1. The molecule has 0 aliphatic heterocycles. The van der Waals surface area contributed by atoms with Crippen LogP contribution in [0.5, 0.6) is 11.5 Å². The van der Waals surface area contributed by atoms with E-state index in [2.05, 4.69) is 5.16 Å².